The summed E-state index contributed by atoms with van der Waals surface area (Å²) in [5.41, 5.74) is 3.19. The number of carbonyl (C=O) groups is 2. The lowest BCUT2D eigenvalue weighted by Crippen LogP contribution is -2.50. The van der Waals surface area contributed by atoms with Crippen LogP contribution in [-0.2, 0) is 22.5 Å². The van der Waals surface area contributed by atoms with Crippen molar-refractivity contribution in [3.8, 4) is 0 Å². The Morgan fingerprint density at radius 3 is 2.61 bits per heavy atom. The first kappa shape index (κ1) is 21.7. The van der Waals surface area contributed by atoms with E-state index < -0.39 is 5.97 Å². The van der Waals surface area contributed by atoms with E-state index in [0.717, 1.165) is 54.8 Å². The highest BCUT2D eigenvalue weighted by Crippen LogP contribution is 2.28. The third-order valence-electron chi connectivity index (χ3n) is 6.24. The van der Waals surface area contributed by atoms with E-state index in [-0.39, 0.29) is 19.1 Å². The second-order valence-electron chi connectivity index (χ2n) is 8.07. The molecule has 0 radical (unpaired) electrons. The Bertz CT molecular complexity index is 956. The van der Waals surface area contributed by atoms with Gasteiger partial charge in [-0.15, -0.1) is 0 Å². The van der Waals surface area contributed by atoms with E-state index >= 15 is 0 Å². The molecule has 0 bridgehead atoms. The van der Waals surface area contributed by atoms with E-state index in [1.54, 1.807) is 4.90 Å². The number of para-hydroxylation sites is 1. The molecule has 1 amide bonds. The molecule has 1 aromatic heterocycles. The SMILES string of the molecule is CCN1CCc2nc3ccccc3c(C(=O)OCC(=O)N3CCN(CCO)CC3)c2C1. The maximum absolute atomic E-state index is 13.2. The number of amides is 1. The number of aromatic nitrogens is 1. The molecule has 2 aromatic rings. The van der Waals surface area contributed by atoms with E-state index in [0.29, 0.717) is 31.7 Å². The standard InChI is InChI=1S/C23H30N4O4/c1-2-25-8-7-20-18(15-25)22(17-5-3-4-6-19(17)24-20)23(30)31-16-21(29)27-11-9-26(10-12-27)13-14-28/h3-6,28H,2,7-16H2,1H3. The summed E-state index contributed by atoms with van der Waals surface area (Å²) in [5.74, 6) is -0.639. The Labute approximate surface area is 182 Å². The predicted molar refractivity (Wildman–Crippen MR) is 117 cm³/mol. The fraction of sp³-hybridized carbons (Fsp3) is 0.522. The van der Waals surface area contributed by atoms with Gasteiger partial charge in [-0.2, -0.15) is 0 Å². The Kier molecular flexibility index (Phi) is 6.80. The minimum absolute atomic E-state index is 0.116. The zero-order chi connectivity index (χ0) is 21.8. The van der Waals surface area contributed by atoms with Gasteiger partial charge in [-0.1, -0.05) is 25.1 Å². The van der Waals surface area contributed by atoms with Gasteiger partial charge in [0.1, 0.15) is 0 Å². The maximum Gasteiger partial charge on any atom is 0.339 e. The number of aliphatic hydroxyl groups excluding tert-OH is 1. The summed E-state index contributed by atoms with van der Waals surface area (Å²) in [7, 11) is 0. The number of ether oxygens (including phenoxy) is 1. The first-order valence-corrected chi connectivity index (χ1v) is 11.0. The van der Waals surface area contributed by atoms with Crippen molar-refractivity contribution in [3.05, 3.63) is 41.1 Å². The number of likely N-dealkylation sites (N-methyl/N-ethyl adjacent to an activating group) is 1. The second-order valence-corrected chi connectivity index (χ2v) is 8.07. The number of carbonyl (C=O) groups excluding carboxylic acids is 2. The van der Waals surface area contributed by atoms with Gasteiger partial charge in [0.2, 0.25) is 0 Å². The van der Waals surface area contributed by atoms with E-state index in [2.05, 4.69) is 16.7 Å². The van der Waals surface area contributed by atoms with Crippen molar-refractivity contribution in [2.24, 2.45) is 0 Å². The molecule has 1 fully saturated rings. The van der Waals surface area contributed by atoms with Gasteiger partial charge < -0.3 is 14.7 Å². The van der Waals surface area contributed by atoms with E-state index in [1.807, 2.05) is 24.3 Å². The second kappa shape index (κ2) is 9.72. The molecule has 0 saturated carbocycles. The Hall–Kier alpha value is -2.55. The first-order chi connectivity index (χ1) is 15.1. The number of rotatable bonds is 6. The summed E-state index contributed by atoms with van der Waals surface area (Å²) in [4.78, 5) is 36.7. The number of β-amino-alcohol motifs (C(OH)–C–C–N with tert-alkyl or cyclic N) is 1. The van der Waals surface area contributed by atoms with Gasteiger partial charge in [-0.05, 0) is 12.6 Å². The van der Waals surface area contributed by atoms with Crippen LogP contribution in [0.1, 0.15) is 28.5 Å². The average molecular weight is 427 g/mol. The lowest BCUT2D eigenvalue weighted by Gasteiger charge is -2.34. The highest BCUT2D eigenvalue weighted by molar-refractivity contribution is 6.05. The summed E-state index contributed by atoms with van der Waals surface area (Å²) < 4.78 is 5.53. The van der Waals surface area contributed by atoms with Crippen LogP contribution in [0.25, 0.3) is 10.9 Å². The summed E-state index contributed by atoms with van der Waals surface area (Å²) in [6.45, 7) is 7.66. The van der Waals surface area contributed by atoms with Crippen molar-refractivity contribution in [2.75, 3.05) is 59.0 Å². The number of fused-ring (bicyclic) bond motifs is 2. The summed E-state index contributed by atoms with van der Waals surface area (Å²) >= 11 is 0. The third-order valence-corrected chi connectivity index (χ3v) is 6.24. The summed E-state index contributed by atoms with van der Waals surface area (Å²) in [6.07, 6.45) is 0.797. The predicted octanol–water partition coefficient (Wildman–Crippen LogP) is 0.906. The smallest absolute Gasteiger partial charge is 0.339 e. The normalized spacial score (nSPS) is 17.5. The molecule has 2 aliphatic heterocycles. The van der Waals surface area contributed by atoms with Gasteiger partial charge in [0.05, 0.1) is 17.7 Å². The van der Waals surface area contributed by atoms with Crippen LogP contribution in [0.2, 0.25) is 0 Å². The number of benzene rings is 1. The molecule has 4 rings (SSSR count). The molecule has 2 aliphatic rings. The molecular weight excluding hydrogens is 396 g/mol. The molecule has 1 N–H and O–H groups in total. The van der Waals surface area contributed by atoms with Crippen LogP contribution in [0, 0.1) is 0 Å². The zero-order valence-electron chi connectivity index (χ0n) is 18.0. The lowest BCUT2D eigenvalue weighted by molar-refractivity contribution is -0.136. The van der Waals surface area contributed by atoms with Crippen molar-refractivity contribution in [2.45, 2.75) is 19.9 Å². The average Bonchev–Trinajstić information content (AvgIpc) is 2.81. The summed E-state index contributed by atoms with van der Waals surface area (Å²) in [6, 6.07) is 7.62. The Morgan fingerprint density at radius 2 is 1.87 bits per heavy atom. The lowest BCUT2D eigenvalue weighted by atomic mass is 9.96. The van der Waals surface area contributed by atoms with Crippen molar-refractivity contribution < 1.29 is 19.4 Å². The minimum Gasteiger partial charge on any atom is -0.452 e. The minimum atomic E-state index is -0.458. The van der Waals surface area contributed by atoms with Gasteiger partial charge >= 0.3 is 5.97 Å². The first-order valence-electron chi connectivity index (χ1n) is 11.0. The van der Waals surface area contributed by atoms with E-state index in [4.69, 9.17) is 14.8 Å². The molecule has 3 heterocycles. The highest BCUT2D eigenvalue weighted by Gasteiger charge is 2.27. The van der Waals surface area contributed by atoms with Gasteiger partial charge in [0.25, 0.3) is 5.91 Å². The molecule has 1 aromatic carbocycles. The molecular formula is C23H30N4O4. The van der Waals surface area contributed by atoms with Crippen molar-refractivity contribution >= 4 is 22.8 Å². The zero-order valence-corrected chi connectivity index (χ0v) is 18.0. The number of pyridine rings is 1. The fourth-order valence-electron chi connectivity index (χ4n) is 4.40. The van der Waals surface area contributed by atoms with Gasteiger partial charge in [-0.25, -0.2) is 4.79 Å². The number of aliphatic hydroxyl groups is 1. The van der Waals surface area contributed by atoms with Crippen LogP contribution >= 0.6 is 0 Å². The largest absolute Gasteiger partial charge is 0.452 e. The van der Waals surface area contributed by atoms with Gasteiger partial charge in [0.15, 0.2) is 6.61 Å². The van der Waals surface area contributed by atoms with Gasteiger partial charge in [-0.3, -0.25) is 19.6 Å². The van der Waals surface area contributed by atoms with E-state index in [1.165, 1.54) is 0 Å². The fourth-order valence-corrected chi connectivity index (χ4v) is 4.40. The van der Waals surface area contributed by atoms with Crippen LogP contribution in [-0.4, -0.2) is 95.7 Å². The number of piperazine rings is 1. The molecule has 31 heavy (non-hydrogen) atoms. The number of hydrogen-bond donors (Lipinski definition) is 1. The molecule has 8 heteroatoms. The molecule has 0 spiro atoms. The van der Waals surface area contributed by atoms with Crippen LogP contribution in [0.3, 0.4) is 0 Å². The van der Waals surface area contributed by atoms with E-state index in [9.17, 15) is 9.59 Å². The molecule has 0 aliphatic carbocycles. The van der Waals surface area contributed by atoms with Crippen molar-refractivity contribution in [1.82, 2.24) is 19.7 Å². The quantitative estimate of drug-likeness (QED) is 0.687. The Balaban J connectivity index is 1.49. The van der Waals surface area contributed by atoms with Crippen LogP contribution < -0.4 is 0 Å². The van der Waals surface area contributed by atoms with Crippen LogP contribution in [0.5, 0.6) is 0 Å². The molecule has 8 nitrogen and oxygen atoms in total. The van der Waals surface area contributed by atoms with Gasteiger partial charge in [0, 0.05) is 68.9 Å². The highest BCUT2D eigenvalue weighted by atomic mass is 16.5. The summed E-state index contributed by atoms with van der Waals surface area (Å²) in [5, 5.41) is 9.82. The number of hydrogen-bond acceptors (Lipinski definition) is 7. The maximum atomic E-state index is 13.2. The number of nitrogens with zero attached hydrogens (tertiary/aromatic N) is 4. The topological polar surface area (TPSA) is 86.2 Å². The third kappa shape index (κ3) is 4.71. The molecule has 1 saturated heterocycles. The monoisotopic (exact) mass is 426 g/mol. The molecule has 0 unspecified atom stereocenters. The number of esters is 1. The molecule has 166 valence electrons. The van der Waals surface area contributed by atoms with Crippen molar-refractivity contribution in [3.63, 3.8) is 0 Å². The van der Waals surface area contributed by atoms with Crippen LogP contribution in [0.4, 0.5) is 0 Å². The molecule has 0 atom stereocenters. The van der Waals surface area contributed by atoms with Crippen LogP contribution in [0.15, 0.2) is 24.3 Å². The Morgan fingerprint density at radius 1 is 1.10 bits per heavy atom. The van der Waals surface area contributed by atoms with Crippen molar-refractivity contribution in [1.29, 1.82) is 0 Å².